The van der Waals surface area contributed by atoms with Crippen LogP contribution in [-0.2, 0) is 65.4 Å². The summed E-state index contributed by atoms with van der Waals surface area (Å²) in [5, 5.41) is 10.7. The molecule has 0 aromatic rings. The molecule has 108 heavy (non-hydrogen) atoms. The van der Waals surface area contributed by atoms with Crippen LogP contribution in [0, 0.1) is 0 Å². The van der Waals surface area contributed by atoms with Gasteiger partial charge < -0.3 is 33.8 Å². The lowest BCUT2D eigenvalue weighted by atomic mass is 10.1. The van der Waals surface area contributed by atoms with Gasteiger partial charge in [-0.15, -0.1) is 0 Å². The van der Waals surface area contributed by atoms with Crippen LogP contribution in [0.4, 0.5) is 0 Å². The molecule has 0 fully saturated rings. The Labute approximate surface area is 654 Å². The maximum Gasteiger partial charge on any atom is 0.472 e. The summed E-state index contributed by atoms with van der Waals surface area (Å²) in [6.07, 6.45) is 95.0. The summed E-state index contributed by atoms with van der Waals surface area (Å²) in [5.74, 6) is -2.42. The largest absolute Gasteiger partial charge is 0.472 e. The molecule has 0 saturated heterocycles. The van der Waals surface area contributed by atoms with E-state index in [1.165, 1.54) is 96.3 Å². The molecule has 0 rings (SSSR count). The number of aliphatic hydroxyl groups excluding tert-OH is 1. The minimum absolute atomic E-state index is 0.000524. The standard InChI is InChI=1S/C89H146O17P2/c1-5-9-13-17-21-25-29-33-37-40-41-44-48-52-56-60-64-68-72-76-89(94)106-84(79-99-86(91)73-69-65-61-57-53-49-45-36-32-28-24-20-16-12-8-4)81-103-107(95,96)101-77-83(90)78-102-108(97,98)104-82-85(105-88(93)75-71-67-63-59-55-51-47-43-39-35-31-27-23-19-15-11-7-3)80-100-87(92)74-70-66-62-58-54-50-46-42-38-34-30-26-22-18-14-10-6-2/h21-23,25-27,33-39,41,44-47,50-52,56,58-59,62-64,68,83-85,90H,5-20,24,28-32,40,42-43,48-49,53-55,57,60-61,65-67,69-82H2,1-4H3,(H,95,96)(H,97,98)/b25-21-,26-22-,27-23-,37-33-,38-34-,39-35-,44-41-,45-36-,50-46-,51-47-,56-52-,62-58-,63-59-,68-64-/t83-,84+,85+/m0/s1. The molecule has 0 saturated carbocycles. The van der Waals surface area contributed by atoms with E-state index < -0.39 is 97.5 Å². The number of phosphoric ester groups is 2. The van der Waals surface area contributed by atoms with Gasteiger partial charge in [-0.3, -0.25) is 37.3 Å². The Balaban J connectivity index is 5.56. The average molecular weight is 1550 g/mol. The molecule has 19 heteroatoms. The average Bonchev–Trinajstić information content (AvgIpc) is 0.907. The summed E-state index contributed by atoms with van der Waals surface area (Å²) in [4.78, 5) is 73.1. The van der Waals surface area contributed by atoms with Gasteiger partial charge in [0, 0.05) is 25.7 Å². The lowest BCUT2D eigenvalue weighted by Gasteiger charge is -2.21. The SMILES string of the molecule is CCCCC/C=C\C/C=C\C/C=C\C/C=C\C/C=C\CCC(=O)O[C@H](COC(=O)CCCCCCC/C=C\CCCCCCCC)COP(=O)(O)OC[C@H](O)COP(=O)(O)OC[C@@H](COC(=O)CCC/C=C\C/C=C\C/C=C\C/C=C\CCCCC)OC(=O)CCC/C=C\C/C=C\C/C=C\C/C=C\CCCCC. The second kappa shape index (κ2) is 79.5. The molecular formula is C89H146O17P2. The number of unbranched alkanes of at least 4 members (excludes halogenated alkanes) is 22. The van der Waals surface area contributed by atoms with Crippen LogP contribution in [0.5, 0.6) is 0 Å². The third kappa shape index (κ3) is 78.5. The Bertz CT molecular complexity index is 2710. The van der Waals surface area contributed by atoms with Crippen molar-refractivity contribution in [1.82, 2.24) is 0 Å². The molecule has 614 valence electrons. The number of carbonyl (C=O) groups is 4. The first kappa shape index (κ1) is 102. The molecule has 0 heterocycles. The maximum atomic E-state index is 13.1. The van der Waals surface area contributed by atoms with Crippen molar-refractivity contribution in [2.24, 2.45) is 0 Å². The predicted molar refractivity (Wildman–Crippen MR) is 445 cm³/mol. The van der Waals surface area contributed by atoms with Crippen molar-refractivity contribution in [2.45, 2.75) is 329 Å². The fourth-order valence-corrected chi connectivity index (χ4v) is 11.9. The minimum Gasteiger partial charge on any atom is -0.462 e. The fraction of sp³-hybridized carbons (Fsp3) is 0.640. The lowest BCUT2D eigenvalue weighted by Crippen LogP contribution is -2.30. The molecule has 0 spiro atoms. The van der Waals surface area contributed by atoms with E-state index in [4.69, 9.17) is 37.0 Å². The van der Waals surface area contributed by atoms with Crippen LogP contribution in [-0.4, -0.2) is 96.7 Å². The number of esters is 4. The number of allylic oxidation sites excluding steroid dienone is 28. The Morgan fingerprint density at radius 1 is 0.259 bits per heavy atom. The van der Waals surface area contributed by atoms with Crippen LogP contribution in [0.3, 0.4) is 0 Å². The molecule has 0 radical (unpaired) electrons. The summed E-state index contributed by atoms with van der Waals surface area (Å²) in [6.45, 7) is 4.56. The van der Waals surface area contributed by atoms with Gasteiger partial charge in [-0.25, -0.2) is 9.13 Å². The highest BCUT2D eigenvalue weighted by Crippen LogP contribution is 2.45. The summed E-state index contributed by atoms with van der Waals surface area (Å²) < 4.78 is 68.5. The quantitative estimate of drug-likeness (QED) is 0.0169. The van der Waals surface area contributed by atoms with E-state index in [-0.39, 0.29) is 25.7 Å². The van der Waals surface area contributed by atoms with Gasteiger partial charge >= 0.3 is 39.5 Å². The molecule has 0 aromatic carbocycles. The van der Waals surface area contributed by atoms with Crippen LogP contribution in [0.15, 0.2) is 170 Å². The van der Waals surface area contributed by atoms with Crippen LogP contribution in [0.25, 0.3) is 0 Å². The van der Waals surface area contributed by atoms with E-state index in [9.17, 15) is 43.2 Å². The Hall–Kier alpha value is -5.58. The number of phosphoric acid groups is 2. The number of hydrogen-bond acceptors (Lipinski definition) is 15. The summed E-state index contributed by atoms with van der Waals surface area (Å²) in [5.41, 5.74) is 0. The molecule has 0 aromatic heterocycles. The number of hydrogen-bond donors (Lipinski definition) is 3. The highest BCUT2D eigenvalue weighted by atomic mass is 31.2. The first-order valence-corrected chi connectivity index (χ1v) is 44.4. The van der Waals surface area contributed by atoms with Gasteiger partial charge in [0.05, 0.1) is 26.4 Å². The third-order valence-electron chi connectivity index (χ3n) is 16.6. The van der Waals surface area contributed by atoms with Crippen molar-refractivity contribution < 1.29 is 80.2 Å². The van der Waals surface area contributed by atoms with Crippen LogP contribution >= 0.6 is 15.6 Å². The van der Waals surface area contributed by atoms with E-state index in [1.54, 1.807) is 0 Å². The zero-order valence-corrected chi connectivity index (χ0v) is 69.0. The molecule has 0 aliphatic carbocycles. The monoisotopic (exact) mass is 1550 g/mol. The van der Waals surface area contributed by atoms with Crippen molar-refractivity contribution in [3.05, 3.63) is 170 Å². The molecule has 17 nitrogen and oxygen atoms in total. The Kier molecular flexibility index (Phi) is 75.4. The predicted octanol–water partition coefficient (Wildman–Crippen LogP) is 24.6. The Morgan fingerprint density at radius 3 is 0.815 bits per heavy atom. The molecule has 0 aliphatic rings. The zero-order valence-electron chi connectivity index (χ0n) is 67.2. The normalized spacial score (nSPS) is 14.7. The van der Waals surface area contributed by atoms with Gasteiger partial charge in [0.1, 0.15) is 19.3 Å². The van der Waals surface area contributed by atoms with Gasteiger partial charge in [0.15, 0.2) is 12.2 Å². The molecule has 5 atom stereocenters. The molecule has 0 bridgehead atoms. The van der Waals surface area contributed by atoms with E-state index >= 15 is 0 Å². The van der Waals surface area contributed by atoms with Crippen molar-refractivity contribution in [1.29, 1.82) is 0 Å². The first-order valence-electron chi connectivity index (χ1n) is 41.4. The van der Waals surface area contributed by atoms with E-state index in [1.807, 2.05) is 42.5 Å². The molecular weight excluding hydrogens is 1400 g/mol. The smallest absolute Gasteiger partial charge is 0.462 e. The number of ether oxygens (including phenoxy) is 4. The van der Waals surface area contributed by atoms with Crippen LogP contribution < -0.4 is 0 Å². The Morgan fingerprint density at radius 2 is 0.481 bits per heavy atom. The van der Waals surface area contributed by atoms with E-state index in [0.29, 0.717) is 44.9 Å². The summed E-state index contributed by atoms with van der Waals surface area (Å²) in [6, 6.07) is 0. The van der Waals surface area contributed by atoms with Crippen LogP contribution in [0.2, 0.25) is 0 Å². The van der Waals surface area contributed by atoms with Crippen LogP contribution in [0.1, 0.15) is 310 Å². The first-order chi connectivity index (χ1) is 52.7. The van der Waals surface area contributed by atoms with Gasteiger partial charge in [0.25, 0.3) is 0 Å². The second-order valence-corrected chi connectivity index (χ2v) is 29.9. The summed E-state index contributed by atoms with van der Waals surface area (Å²) >= 11 is 0. The van der Waals surface area contributed by atoms with E-state index in [2.05, 4.69) is 155 Å². The maximum absolute atomic E-state index is 13.1. The molecule has 0 aliphatic heterocycles. The van der Waals surface area contributed by atoms with Crippen molar-refractivity contribution in [2.75, 3.05) is 39.6 Å². The second-order valence-electron chi connectivity index (χ2n) is 27.0. The molecule has 3 N–H and O–H groups in total. The van der Waals surface area contributed by atoms with Gasteiger partial charge in [-0.1, -0.05) is 288 Å². The summed E-state index contributed by atoms with van der Waals surface area (Å²) in [7, 11) is -10.0. The zero-order chi connectivity index (χ0) is 78.9. The highest BCUT2D eigenvalue weighted by Gasteiger charge is 2.30. The molecule has 0 amide bonds. The number of carbonyl (C=O) groups excluding carboxylic acids is 4. The number of aliphatic hydroxyl groups is 1. The highest BCUT2D eigenvalue weighted by molar-refractivity contribution is 7.47. The minimum atomic E-state index is -5.02. The topological polar surface area (TPSA) is 237 Å². The van der Waals surface area contributed by atoms with Crippen molar-refractivity contribution in [3.63, 3.8) is 0 Å². The van der Waals surface area contributed by atoms with Gasteiger partial charge in [0.2, 0.25) is 0 Å². The lowest BCUT2D eigenvalue weighted by molar-refractivity contribution is -0.161. The molecule has 2 unspecified atom stereocenters. The van der Waals surface area contributed by atoms with Gasteiger partial charge in [-0.05, 0) is 167 Å². The third-order valence-corrected chi connectivity index (χ3v) is 18.5. The van der Waals surface area contributed by atoms with Crippen molar-refractivity contribution in [3.8, 4) is 0 Å². The van der Waals surface area contributed by atoms with E-state index in [0.717, 1.165) is 116 Å². The van der Waals surface area contributed by atoms with Crippen molar-refractivity contribution >= 4 is 39.5 Å². The fourth-order valence-electron chi connectivity index (χ4n) is 10.3. The van der Waals surface area contributed by atoms with Gasteiger partial charge in [-0.2, -0.15) is 0 Å². The number of rotatable bonds is 76.